The lowest BCUT2D eigenvalue weighted by Crippen LogP contribution is -2.13. The number of nitrogens with zero attached hydrogens (tertiary/aromatic N) is 1. The maximum absolute atomic E-state index is 12.8. The van der Waals surface area contributed by atoms with Crippen molar-refractivity contribution in [1.29, 1.82) is 0 Å². The van der Waals surface area contributed by atoms with Crippen LogP contribution in [0.4, 0.5) is 9.52 Å². The van der Waals surface area contributed by atoms with Gasteiger partial charge in [-0.15, -0.1) is 0 Å². The molecule has 1 heterocycles. The van der Waals surface area contributed by atoms with E-state index >= 15 is 0 Å². The number of carbonyl (C=O) groups excluding carboxylic acids is 2. The minimum atomic E-state index is -0.393. The van der Waals surface area contributed by atoms with Gasteiger partial charge < -0.3 is 5.32 Å². The highest BCUT2D eigenvalue weighted by atomic mass is 32.1. The Kier molecular flexibility index (Phi) is 4.43. The third kappa shape index (κ3) is 3.78. The summed E-state index contributed by atoms with van der Waals surface area (Å²) in [6.07, 6.45) is 0.133. The number of fused-ring (bicyclic) bond motifs is 1. The lowest BCUT2D eigenvalue weighted by atomic mass is 10.1. The molecule has 0 atom stereocenters. The highest BCUT2D eigenvalue weighted by Crippen LogP contribution is 2.25. The average molecular weight is 328 g/mol. The number of amides is 1. The van der Waals surface area contributed by atoms with Crippen LogP contribution in [0.15, 0.2) is 48.5 Å². The quantitative estimate of drug-likeness (QED) is 0.719. The molecule has 0 saturated heterocycles. The molecule has 0 unspecified atom stereocenters. The van der Waals surface area contributed by atoms with Crippen LogP contribution in [-0.2, 0) is 4.79 Å². The first-order chi connectivity index (χ1) is 11.1. The number of Topliss-reactive ketones (excluding diaryl/α,β-unsaturated/α-hetero) is 1. The first kappa shape index (κ1) is 15.3. The zero-order valence-corrected chi connectivity index (χ0v) is 12.9. The fourth-order valence-corrected chi connectivity index (χ4v) is 3.00. The molecule has 116 valence electrons. The number of thiazole rings is 1. The average Bonchev–Trinajstić information content (AvgIpc) is 2.95. The van der Waals surface area contributed by atoms with Gasteiger partial charge in [-0.25, -0.2) is 9.37 Å². The first-order valence-corrected chi connectivity index (χ1v) is 7.88. The smallest absolute Gasteiger partial charge is 0.226 e. The van der Waals surface area contributed by atoms with Crippen LogP contribution in [0.3, 0.4) is 0 Å². The summed E-state index contributed by atoms with van der Waals surface area (Å²) in [6.45, 7) is 0. The van der Waals surface area contributed by atoms with Crippen molar-refractivity contribution < 1.29 is 14.0 Å². The molecular formula is C17H13FN2O2S. The molecule has 6 heteroatoms. The van der Waals surface area contributed by atoms with Gasteiger partial charge in [-0.2, -0.15) is 0 Å². The van der Waals surface area contributed by atoms with Gasteiger partial charge in [-0.3, -0.25) is 9.59 Å². The van der Waals surface area contributed by atoms with E-state index in [9.17, 15) is 14.0 Å². The number of nitrogens with one attached hydrogen (secondary N) is 1. The summed E-state index contributed by atoms with van der Waals surface area (Å²) < 4.78 is 13.8. The third-order valence-corrected chi connectivity index (χ3v) is 4.24. The maximum Gasteiger partial charge on any atom is 0.226 e. The van der Waals surface area contributed by atoms with Crippen molar-refractivity contribution in [3.8, 4) is 0 Å². The minimum absolute atomic E-state index is 0.0616. The summed E-state index contributed by atoms with van der Waals surface area (Å²) in [6, 6.07) is 12.9. The second-order valence-electron chi connectivity index (χ2n) is 4.96. The van der Waals surface area contributed by atoms with Crippen molar-refractivity contribution in [3.05, 3.63) is 59.9 Å². The van der Waals surface area contributed by atoms with Gasteiger partial charge >= 0.3 is 0 Å². The van der Waals surface area contributed by atoms with Crippen molar-refractivity contribution in [2.45, 2.75) is 12.8 Å². The van der Waals surface area contributed by atoms with Gasteiger partial charge in [0, 0.05) is 18.4 Å². The normalized spacial score (nSPS) is 10.7. The number of anilines is 1. The lowest BCUT2D eigenvalue weighted by Gasteiger charge is -2.02. The van der Waals surface area contributed by atoms with Gasteiger partial charge in [0.25, 0.3) is 0 Å². The van der Waals surface area contributed by atoms with Crippen molar-refractivity contribution in [3.63, 3.8) is 0 Å². The Balaban J connectivity index is 1.56. The van der Waals surface area contributed by atoms with E-state index in [2.05, 4.69) is 10.3 Å². The van der Waals surface area contributed by atoms with Crippen molar-refractivity contribution in [2.24, 2.45) is 0 Å². The van der Waals surface area contributed by atoms with Crippen LogP contribution >= 0.6 is 11.3 Å². The zero-order valence-electron chi connectivity index (χ0n) is 12.1. The molecule has 1 N–H and O–H groups in total. The van der Waals surface area contributed by atoms with Gasteiger partial charge in [-0.05, 0) is 36.4 Å². The highest BCUT2D eigenvalue weighted by molar-refractivity contribution is 7.22. The maximum atomic E-state index is 12.8. The molecule has 0 saturated carbocycles. The van der Waals surface area contributed by atoms with Crippen LogP contribution in [0.5, 0.6) is 0 Å². The van der Waals surface area contributed by atoms with Crippen LogP contribution in [0.1, 0.15) is 23.2 Å². The largest absolute Gasteiger partial charge is 0.302 e. The van der Waals surface area contributed by atoms with Gasteiger partial charge in [0.05, 0.1) is 10.2 Å². The van der Waals surface area contributed by atoms with E-state index in [4.69, 9.17) is 0 Å². The van der Waals surface area contributed by atoms with Crippen molar-refractivity contribution >= 4 is 38.4 Å². The molecule has 0 bridgehead atoms. The third-order valence-electron chi connectivity index (χ3n) is 3.29. The molecule has 1 amide bonds. The molecule has 4 nitrogen and oxygen atoms in total. The number of ketones is 1. The molecule has 1 aromatic heterocycles. The Morgan fingerprint density at radius 3 is 2.52 bits per heavy atom. The minimum Gasteiger partial charge on any atom is -0.302 e. The van der Waals surface area contributed by atoms with E-state index in [1.165, 1.54) is 35.6 Å². The molecular weight excluding hydrogens is 315 g/mol. The topological polar surface area (TPSA) is 59.1 Å². The molecule has 0 aliphatic carbocycles. The van der Waals surface area contributed by atoms with E-state index in [-0.39, 0.29) is 24.5 Å². The summed E-state index contributed by atoms with van der Waals surface area (Å²) >= 11 is 1.39. The molecule has 0 aliphatic heterocycles. The predicted molar refractivity (Wildman–Crippen MR) is 88.2 cm³/mol. The van der Waals surface area contributed by atoms with E-state index in [0.29, 0.717) is 10.7 Å². The summed E-state index contributed by atoms with van der Waals surface area (Å²) in [4.78, 5) is 28.2. The van der Waals surface area contributed by atoms with Crippen molar-refractivity contribution in [2.75, 3.05) is 5.32 Å². The molecule has 0 radical (unpaired) electrons. The van der Waals surface area contributed by atoms with Gasteiger partial charge in [0.15, 0.2) is 10.9 Å². The van der Waals surface area contributed by atoms with Gasteiger partial charge in [-0.1, -0.05) is 23.5 Å². The molecule has 2 aromatic carbocycles. The molecule has 0 spiro atoms. The molecule has 23 heavy (non-hydrogen) atoms. The second-order valence-corrected chi connectivity index (χ2v) is 6.00. The van der Waals surface area contributed by atoms with Crippen LogP contribution in [0.2, 0.25) is 0 Å². The number of benzene rings is 2. The zero-order chi connectivity index (χ0) is 16.2. The molecule has 3 aromatic rings. The molecule has 0 aliphatic rings. The van der Waals surface area contributed by atoms with Crippen LogP contribution in [-0.4, -0.2) is 16.7 Å². The van der Waals surface area contributed by atoms with E-state index in [1.54, 1.807) is 0 Å². The van der Waals surface area contributed by atoms with Crippen LogP contribution in [0, 0.1) is 5.82 Å². The summed E-state index contributed by atoms with van der Waals surface area (Å²) in [7, 11) is 0. The summed E-state index contributed by atoms with van der Waals surface area (Å²) in [5.74, 6) is -0.848. The number of aromatic nitrogens is 1. The Labute approximate surface area is 136 Å². The van der Waals surface area contributed by atoms with Gasteiger partial charge in [0.2, 0.25) is 5.91 Å². The molecule has 3 rings (SSSR count). The Morgan fingerprint density at radius 2 is 1.78 bits per heavy atom. The van der Waals surface area contributed by atoms with E-state index < -0.39 is 5.82 Å². The fourth-order valence-electron chi connectivity index (χ4n) is 2.11. The predicted octanol–water partition coefficient (Wildman–Crippen LogP) is 4.04. The number of rotatable bonds is 5. The van der Waals surface area contributed by atoms with E-state index in [1.807, 2.05) is 24.3 Å². The molecule has 0 fully saturated rings. The van der Waals surface area contributed by atoms with Crippen LogP contribution in [0.25, 0.3) is 10.2 Å². The summed E-state index contributed by atoms with van der Waals surface area (Å²) in [5, 5.41) is 3.22. The van der Waals surface area contributed by atoms with Gasteiger partial charge in [0.1, 0.15) is 5.82 Å². The Hall–Kier alpha value is -2.60. The van der Waals surface area contributed by atoms with Crippen molar-refractivity contribution in [1.82, 2.24) is 4.98 Å². The SMILES string of the molecule is O=C(CCC(=O)c1ccc(F)cc1)Nc1nc2ccccc2s1. The lowest BCUT2D eigenvalue weighted by molar-refractivity contribution is -0.116. The van der Waals surface area contributed by atoms with Crippen LogP contribution < -0.4 is 5.32 Å². The first-order valence-electron chi connectivity index (χ1n) is 7.06. The number of halogens is 1. The number of hydrogen-bond acceptors (Lipinski definition) is 4. The fraction of sp³-hybridized carbons (Fsp3) is 0.118. The second kappa shape index (κ2) is 6.66. The monoisotopic (exact) mass is 328 g/mol. The number of hydrogen-bond donors (Lipinski definition) is 1. The summed E-state index contributed by atoms with van der Waals surface area (Å²) in [5.41, 5.74) is 1.23. The number of para-hydroxylation sites is 1. The van der Waals surface area contributed by atoms with E-state index in [0.717, 1.165) is 10.2 Å². The Morgan fingerprint density at radius 1 is 1.04 bits per heavy atom. The Bertz CT molecular complexity index is 825. The number of carbonyl (C=O) groups is 2. The highest BCUT2D eigenvalue weighted by Gasteiger charge is 2.11. The standard InChI is InChI=1S/C17H13FN2O2S/c18-12-7-5-11(6-8-12)14(21)9-10-16(22)20-17-19-13-3-1-2-4-15(13)23-17/h1-8H,9-10H2,(H,19,20,22).